The number of benzene rings is 1. The number of rotatable bonds is 2. The number of fused-ring (bicyclic) bond motifs is 2. The van der Waals surface area contributed by atoms with Gasteiger partial charge in [0.05, 0.1) is 6.10 Å². The van der Waals surface area contributed by atoms with E-state index < -0.39 is 23.2 Å². The summed E-state index contributed by atoms with van der Waals surface area (Å²) in [6.45, 7) is 5.26. The van der Waals surface area contributed by atoms with Crippen LogP contribution < -0.4 is 10.2 Å². The average molecular weight is 320 g/mol. The first-order chi connectivity index (χ1) is 10.7. The molecule has 124 valence electrons. The second-order valence-corrected chi connectivity index (χ2v) is 6.44. The first-order valence-corrected chi connectivity index (χ1v) is 7.62. The fraction of sp³-hybridized carbons (Fsp3) is 0.471. The van der Waals surface area contributed by atoms with Crippen molar-refractivity contribution in [2.75, 3.05) is 0 Å². The lowest BCUT2D eigenvalue weighted by molar-refractivity contribution is -0.0415. The van der Waals surface area contributed by atoms with Gasteiger partial charge < -0.3 is 24.5 Å². The maximum atomic E-state index is 12.3. The predicted octanol–water partition coefficient (Wildman–Crippen LogP) is 2.02. The molecular formula is C17H20O6. The lowest BCUT2D eigenvalue weighted by atomic mass is 9.90. The van der Waals surface area contributed by atoms with E-state index in [4.69, 9.17) is 9.15 Å². The summed E-state index contributed by atoms with van der Waals surface area (Å²) >= 11 is 0. The highest BCUT2D eigenvalue weighted by molar-refractivity contribution is 5.87. The molecule has 0 fully saturated rings. The summed E-state index contributed by atoms with van der Waals surface area (Å²) in [4.78, 5) is 12.3. The van der Waals surface area contributed by atoms with Gasteiger partial charge in [0.2, 0.25) is 0 Å². The van der Waals surface area contributed by atoms with Crippen LogP contribution in [-0.2, 0) is 6.42 Å². The number of ether oxygens (including phenoxy) is 1. The van der Waals surface area contributed by atoms with Crippen LogP contribution in [0.3, 0.4) is 0 Å². The van der Waals surface area contributed by atoms with Gasteiger partial charge in [-0.2, -0.15) is 0 Å². The molecule has 1 aliphatic heterocycles. The second-order valence-electron chi connectivity index (χ2n) is 6.44. The van der Waals surface area contributed by atoms with Crippen molar-refractivity contribution in [3.05, 3.63) is 33.7 Å². The highest BCUT2D eigenvalue weighted by atomic mass is 16.5. The highest BCUT2D eigenvalue weighted by Crippen LogP contribution is 2.42. The summed E-state index contributed by atoms with van der Waals surface area (Å²) in [6.07, 6.45) is -1.10. The summed E-state index contributed by atoms with van der Waals surface area (Å²) in [6, 6.07) is 2.72. The molecule has 2 aromatic rings. The fourth-order valence-corrected chi connectivity index (χ4v) is 2.78. The van der Waals surface area contributed by atoms with E-state index >= 15 is 0 Å². The van der Waals surface area contributed by atoms with Crippen LogP contribution in [-0.4, -0.2) is 27.0 Å². The SMILES string of the molecule is CC[C@@H](O)c1cc(=O)c2c(O)c3c(cc2o1)OC(C)(C)[C@H](O)C3. The Hall–Kier alpha value is -2.05. The van der Waals surface area contributed by atoms with Crippen LogP contribution in [0.4, 0.5) is 0 Å². The first kappa shape index (κ1) is 15.8. The maximum absolute atomic E-state index is 12.3. The molecule has 3 rings (SSSR count). The van der Waals surface area contributed by atoms with Crippen molar-refractivity contribution in [2.45, 2.75) is 51.4 Å². The molecule has 0 radical (unpaired) electrons. The van der Waals surface area contributed by atoms with Crippen LogP contribution >= 0.6 is 0 Å². The van der Waals surface area contributed by atoms with Crippen molar-refractivity contribution < 1.29 is 24.5 Å². The molecule has 1 aromatic carbocycles. The van der Waals surface area contributed by atoms with Gasteiger partial charge in [0, 0.05) is 24.1 Å². The van der Waals surface area contributed by atoms with Gasteiger partial charge >= 0.3 is 0 Å². The fourth-order valence-electron chi connectivity index (χ4n) is 2.78. The number of aromatic hydroxyl groups is 1. The Morgan fingerprint density at radius 2 is 2.09 bits per heavy atom. The Bertz CT molecular complexity index is 820. The topological polar surface area (TPSA) is 100 Å². The van der Waals surface area contributed by atoms with Crippen molar-refractivity contribution in [1.29, 1.82) is 0 Å². The molecule has 2 heterocycles. The Morgan fingerprint density at radius 3 is 2.74 bits per heavy atom. The standard InChI is InChI=1S/C17H20O6/c1-4-9(18)12-6-10(19)15-13(22-12)7-11-8(16(15)21)5-14(20)17(2,3)23-11/h6-7,9,14,18,20-21H,4-5H2,1-3H3/t9-,14-/m1/s1. The minimum Gasteiger partial charge on any atom is -0.507 e. The zero-order chi connectivity index (χ0) is 16.9. The molecule has 3 N–H and O–H groups in total. The van der Waals surface area contributed by atoms with Gasteiger partial charge in [-0.25, -0.2) is 0 Å². The van der Waals surface area contributed by atoms with E-state index in [0.29, 0.717) is 17.7 Å². The molecule has 1 aliphatic rings. The van der Waals surface area contributed by atoms with Crippen molar-refractivity contribution in [2.24, 2.45) is 0 Å². The number of hydrogen-bond donors (Lipinski definition) is 3. The molecule has 1 aromatic heterocycles. The normalized spacial score (nSPS) is 20.8. The summed E-state index contributed by atoms with van der Waals surface area (Å²) in [5, 5.41) is 30.5. The molecule has 6 heteroatoms. The number of hydrogen-bond acceptors (Lipinski definition) is 6. The number of phenols is 1. The molecule has 0 saturated heterocycles. The quantitative estimate of drug-likeness (QED) is 0.783. The number of aliphatic hydroxyl groups is 2. The summed E-state index contributed by atoms with van der Waals surface area (Å²) in [5.74, 6) is 0.286. The minimum atomic E-state index is -0.885. The Kier molecular flexibility index (Phi) is 3.61. The maximum Gasteiger partial charge on any atom is 0.196 e. The highest BCUT2D eigenvalue weighted by Gasteiger charge is 2.38. The number of phenolic OH excluding ortho intramolecular Hbond substituents is 1. The van der Waals surface area contributed by atoms with E-state index in [2.05, 4.69) is 0 Å². The molecule has 0 aliphatic carbocycles. The van der Waals surface area contributed by atoms with Crippen molar-refractivity contribution in [1.82, 2.24) is 0 Å². The smallest absolute Gasteiger partial charge is 0.196 e. The molecule has 2 atom stereocenters. The first-order valence-electron chi connectivity index (χ1n) is 7.62. The van der Waals surface area contributed by atoms with Gasteiger partial charge in [0.25, 0.3) is 0 Å². The van der Waals surface area contributed by atoms with Gasteiger partial charge in [0.1, 0.15) is 39.9 Å². The molecule has 23 heavy (non-hydrogen) atoms. The Labute approximate surface area is 132 Å². The monoisotopic (exact) mass is 320 g/mol. The van der Waals surface area contributed by atoms with E-state index in [1.54, 1.807) is 20.8 Å². The van der Waals surface area contributed by atoms with Crippen LogP contribution in [0, 0.1) is 0 Å². The number of aliphatic hydroxyl groups excluding tert-OH is 2. The van der Waals surface area contributed by atoms with Gasteiger partial charge in [-0.05, 0) is 20.3 Å². The summed E-state index contributed by atoms with van der Waals surface area (Å²) in [5.41, 5.74) is -0.703. The molecule has 0 bridgehead atoms. The second kappa shape index (κ2) is 5.25. The van der Waals surface area contributed by atoms with Gasteiger partial charge in [-0.1, -0.05) is 6.92 Å². The Morgan fingerprint density at radius 1 is 1.39 bits per heavy atom. The van der Waals surface area contributed by atoms with Gasteiger partial charge in [-0.3, -0.25) is 4.79 Å². The third-order valence-corrected chi connectivity index (χ3v) is 4.36. The van der Waals surface area contributed by atoms with Gasteiger partial charge in [-0.15, -0.1) is 0 Å². The lowest BCUT2D eigenvalue weighted by Crippen LogP contribution is -2.46. The van der Waals surface area contributed by atoms with Crippen LogP contribution in [0.2, 0.25) is 0 Å². The third kappa shape index (κ3) is 2.48. The largest absolute Gasteiger partial charge is 0.507 e. The van der Waals surface area contributed by atoms with Crippen molar-refractivity contribution in [3.63, 3.8) is 0 Å². The van der Waals surface area contributed by atoms with Crippen LogP contribution in [0.1, 0.15) is 44.6 Å². The van der Waals surface area contributed by atoms with Gasteiger partial charge in [0.15, 0.2) is 5.43 Å². The zero-order valence-electron chi connectivity index (χ0n) is 13.3. The predicted molar refractivity (Wildman–Crippen MR) is 83.8 cm³/mol. The molecule has 0 spiro atoms. The van der Waals surface area contributed by atoms with Crippen molar-refractivity contribution >= 4 is 11.0 Å². The van der Waals surface area contributed by atoms with E-state index in [1.807, 2.05) is 0 Å². The van der Waals surface area contributed by atoms with Crippen molar-refractivity contribution in [3.8, 4) is 11.5 Å². The van der Waals surface area contributed by atoms with E-state index in [0.717, 1.165) is 0 Å². The third-order valence-electron chi connectivity index (χ3n) is 4.36. The zero-order valence-corrected chi connectivity index (χ0v) is 13.3. The summed E-state index contributed by atoms with van der Waals surface area (Å²) < 4.78 is 11.3. The molecule has 0 unspecified atom stereocenters. The average Bonchev–Trinajstić information content (AvgIpc) is 2.47. The lowest BCUT2D eigenvalue weighted by Gasteiger charge is -2.37. The molecule has 0 amide bonds. The Balaban J connectivity index is 2.26. The minimum absolute atomic E-state index is 0.0336. The molecule has 6 nitrogen and oxygen atoms in total. The molecular weight excluding hydrogens is 300 g/mol. The van der Waals surface area contributed by atoms with E-state index in [-0.39, 0.29) is 28.9 Å². The summed E-state index contributed by atoms with van der Waals surface area (Å²) in [7, 11) is 0. The molecule has 0 saturated carbocycles. The van der Waals surface area contributed by atoms with Crippen LogP contribution in [0.25, 0.3) is 11.0 Å². The van der Waals surface area contributed by atoms with Crippen LogP contribution in [0.15, 0.2) is 21.3 Å². The van der Waals surface area contributed by atoms with E-state index in [9.17, 15) is 20.1 Å². The van der Waals surface area contributed by atoms with E-state index in [1.165, 1.54) is 12.1 Å². The van der Waals surface area contributed by atoms with Crippen LogP contribution in [0.5, 0.6) is 11.5 Å².